The molecule has 1 aromatic heterocycles. The summed E-state index contributed by atoms with van der Waals surface area (Å²) in [5, 5.41) is 7.00. The van der Waals surface area contributed by atoms with Gasteiger partial charge in [-0.2, -0.15) is 0 Å². The van der Waals surface area contributed by atoms with Crippen LogP contribution < -0.4 is 15.4 Å². The first-order valence-electron chi connectivity index (χ1n) is 10.9. The summed E-state index contributed by atoms with van der Waals surface area (Å²) in [5.41, 5.74) is 2.48. The summed E-state index contributed by atoms with van der Waals surface area (Å²) in [6, 6.07) is 15.6. The van der Waals surface area contributed by atoms with Gasteiger partial charge in [0.2, 0.25) is 5.88 Å². The second-order valence-corrected chi connectivity index (χ2v) is 8.27. The van der Waals surface area contributed by atoms with Crippen LogP contribution in [0.4, 0.5) is 0 Å². The zero-order valence-electron chi connectivity index (χ0n) is 18.6. The van der Waals surface area contributed by atoms with Crippen LogP contribution in [0.25, 0.3) is 0 Å². The Bertz CT molecular complexity index is 791. The molecule has 1 saturated heterocycles. The van der Waals surface area contributed by atoms with Crippen molar-refractivity contribution in [3.05, 3.63) is 59.8 Å². The number of hydrogen-bond donors (Lipinski definition) is 2. The van der Waals surface area contributed by atoms with Crippen molar-refractivity contribution < 1.29 is 4.74 Å². The van der Waals surface area contributed by atoms with Gasteiger partial charge in [0.1, 0.15) is 0 Å². The van der Waals surface area contributed by atoms with E-state index in [0.29, 0.717) is 24.5 Å². The average Bonchev–Trinajstić information content (AvgIpc) is 2.74. The van der Waals surface area contributed by atoms with Crippen molar-refractivity contribution in [1.82, 2.24) is 20.5 Å². The van der Waals surface area contributed by atoms with E-state index in [1.54, 1.807) is 0 Å². The van der Waals surface area contributed by atoms with Crippen molar-refractivity contribution in [1.29, 1.82) is 0 Å². The minimum absolute atomic E-state index is 0.131. The Labute approximate surface area is 180 Å². The van der Waals surface area contributed by atoms with Crippen molar-refractivity contribution in [3.63, 3.8) is 0 Å². The maximum Gasteiger partial charge on any atom is 0.213 e. The fourth-order valence-corrected chi connectivity index (χ4v) is 3.81. The highest BCUT2D eigenvalue weighted by Gasteiger charge is 2.25. The van der Waals surface area contributed by atoms with E-state index in [4.69, 9.17) is 4.74 Å². The Kier molecular flexibility index (Phi) is 8.08. The highest BCUT2D eigenvalue weighted by molar-refractivity contribution is 5.79. The third kappa shape index (κ3) is 6.73. The average molecular weight is 410 g/mol. The van der Waals surface area contributed by atoms with E-state index < -0.39 is 0 Å². The summed E-state index contributed by atoms with van der Waals surface area (Å²) in [7, 11) is 1.82. The van der Waals surface area contributed by atoms with Crippen molar-refractivity contribution >= 4 is 5.96 Å². The zero-order valence-corrected chi connectivity index (χ0v) is 18.6. The van der Waals surface area contributed by atoms with Gasteiger partial charge in [-0.3, -0.25) is 9.89 Å². The molecule has 2 heterocycles. The SMILES string of the molecule is CN=C(NCc1ccc(OC(C)C)nc1)NC1CCN(Cc2ccccc2)C(C)C1. The maximum absolute atomic E-state index is 5.60. The molecule has 1 aromatic carbocycles. The van der Waals surface area contributed by atoms with Gasteiger partial charge in [0.15, 0.2) is 5.96 Å². The molecule has 1 aliphatic heterocycles. The number of nitrogens with zero attached hydrogens (tertiary/aromatic N) is 3. The van der Waals surface area contributed by atoms with E-state index in [1.165, 1.54) is 5.56 Å². The summed E-state index contributed by atoms with van der Waals surface area (Å²) in [6.07, 6.45) is 4.20. The Hall–Kier alpha value is -2.60. The molecular formula is C24H35N5O. The Morgan fingerprint density at radius 2 is 2.00 bits per heavy atom. The summed E-state index contributed by atoms with van der Waals surface area (Å²) >= 11 is 0. The lowest BCUT2D eigenvalue weighted by atomic mass is 9.97. The van der Waals surface area contributed by atoms with Crippen molar-refractivity contribution in [2.75, 3.05) is 13.6 Å². The molecule has 6 nitrogen and oxygen atoms in total. The van der Waals surface area contributed by atoms with Crippen LogP contribution in [0.3, 0.4) is 0 Å². The number of hydrogen-bond acceptors (Lipinski definition) is 4. The molecule has 2 unspecified atom stereocenters. The number of nitrogens with one attached hydrogen (secondary N) is 2. The van der Waals surface area contributed by atoms with Crippen molar-refractivity contribution in [2.24, 2.45) is 4.99 Å². The topological polar surface area (TPSA) is 61.8 Å². The van der Waals surface area contributed by atoms with Crippen LogP contribution in [-0.4, -0.2) is 47.6 Å². The minimum Gasteiger partial charge on any atom is -0.475 e. The molecule has 1 fully saturated rings. The van der Waals surface area contributed by atoms with Crippen LogP contribution in [-0.2, 0) is 13.1 Å². The summed E-state index contributed by atoms with van der Waals surface area (Å²) in [6.45, 7) is 9.10. The number of likely N-dealkylation sites (tertiary alicyclic amines) is 1. The van der Waals surface area contributed by atoms with E-state index in [-0.39, 0.29) is 6.10 Å². The molecule has 2 N–H and O–H groups in total. The Morgan fingerprint density at radius 3 is 2.63 bits per heavy atom. The lowest BCUT2D eigenvalue weighted by Gasteiger charge is -2.38. The first-order chi connectivity index (χ1) is 14.5. The second-order valence-electron chi connectivity index (χ2n) is 8.27. The number of rotatable bonds is 7. The van der Waals surface area contributed by atoms with Gasteiger partial charge in [0.05, 0.1) is 6.10 Å². The van der Waals surface area contributed by atoms with Crippen molar-refractivity contribution in [3.8, 4) is 5.88 Å². The van der Waals surface area contributed by atoms with Crippen LogP contribution in [0.1, 0.15) is 44.7 Å². The molecule has 0 radical (unpaired) electrons. The number of piperidine rings is 1. The number of pyridine rings is 1. The molecule has 30 heavy (non-hydrogen) atoms. The molecule has 0 spiro atoms. The fraction of sp³-hybridized carbons (Fsp3) is 0.500. The largest absolute Gasteiger partial charge is 0.475 e. The first kappa shape index (κ1) is 22.1. The normalized spacial score (nSPS) is 20.2. The molecule has 0 bridgehead atoms. The number of aromatic nitrogens is 1. The number of benzene rings is 1. The molecule has 0 aliphatic carbocycles. The van der Waals surface area contributed by atoms with Gasteiger partial charge in [0.25, 0.3) is 0 Å². The van der Waals surface area contributed by atoms with Crippen LogP contribution in [0.15, 0.2) is 53.7 Å². The number of ether oxygens (including phenoxy) is 1. The lowest BCUT2D eigenvalue weighted by Crippen LogP contribution is -2.51. The Balaban J connectivity index is 1.45. The van der Waals surface area contributed by atoms with Gasteiger partial charge >= 0.3 is 0 Å². The molecule has 6 heteroatoms. The summed E-state index contributed by atoms with van der Waals surface area (Å²) in [4.78, 5) is 11.3. The van der Waals surface area contributed by atoms with Crippen LogP contribution >= 0.6 is 0 Å². The quantitative estimate of drug-likeness (QED) is 0.541. The molecule has 0 amide bonds. The predicted octanol–water partition coefficient (Wildman–Crippen LogP) is 3.59. The molecule has 2 atom stereocenters. The summed E-state index contributed by atoms with van der Waals surface area (Å²) in [5.74, 6) is 1.50. The van der Waals surface area contributed by atoms with Crippen LogP contribution in [0.2, 0.25) is 0 Å². The van der Waals surface area contributed by atoms with E-state index >= 15 is 0 Å². The standard InChI is InChI=1S/C24H35N5O/c1-18(2)30-23-11-10-21(15-26-23)16-27-24(25-4)28-22-12-13-29(19(3)14-22)17-20-8-6-5-7-9-20/h5-11,15,18-19,22H,12-14,16-17H2,1-4H3,(H2,25,27,28). The molecule has 0 saturated carbocycles. The van der Waals surface area contributed by atoms with Gasteiger partial charge < -0.3 is 15.4 Å². The van der Waals surface area contributed by atoms with Gasteiger partial charge in [-0.25, -0.2) is 4.98 Å². The highest BCUT2D eigenvalue weighted by atomic mass is 16.5. The minimum atomic E-state index is 0.131. The van der Waals surface area contributed by atoms with Gasteiger partial charge in [0, 0.05) is 51.0 Å². The molecule has 3 rings (SSSR count). The zero-order chi connectivity index (χ0) is 21.3. The molecular weight excluding hydrogens is 374 g/mol. The lowest BCUT2D eigenvalue weighted by molar-refractivity contribution is 0.134. The predicted molar refractivity (Wildman–Crippen MR) is 123 cm³/mol. The number of guanidine groups is 1. The third-order valence-corrected chi connectivity index (χ3v) is 5.42. The van der Waals surface area contributed by atoms with E-state index in [1.807, 2.05) is 39.2 Å². The van der Waals surface area contributed by atoms with Crippen LogP contribution in [0.5, 0.6) is 5.88 Å². The van der Waals surface area contributed by atoms with Gasteiger partial charge in [-0.1, -0.05) is 36.4 Å². The Morgan fingerprint density at radius 1 is 1.20 bits per heavy atom. The van der Waals surface area contributed by atoms with Gasteiger partial charge in [-0.15, -0.1) is 0 Å². The van der Waals surface area contributed by atoms with E-state index in [0.717, 1.165) is 37.5 Å². The van der Waals surface area contributed by atoms with Crippen LogP contribution in [0, 0.1) is 0 Å². The fourth-order valence-electron chi connectivity index (χ4n) is 3.81. The van der Waals surface area contributed by atoms with E-state index in [9.17, 15) is 0 Å². The smallest absolute Gasteiger partial charge is 0.213 e. The van der Waals surface area contributed by atoms with Gasteiger partial charge in [-0.05, 0) is 44.7 Å². The molecule has 2 aromatic rings. The van der Waals surface area contributed by atoms with Crippen molar-refractivity contribution in [2.45, 2.75) is 64.9 Å². The summed E-state index contributed by atoms with van der Waals surface area (Å²) < 4.78 is 5.60. The number of aliphatic imine (C=N–C) groups is 1. The molecule has 162 valence electrons. The first-order valence-corrected chi connectivity index (χ1v) is 10.9. The second kappa shape index (κ2) is 11.0. The third-order valence-electron chi connectivity index (χ3n) is 5.42. The monoisotopic (exact) mass is 409 g/mol. The highest BCUT2D eigenvalue weighted by Crippen LogP contribution is 2.20. The van der Waals surface area contributed by atoms with E-state index in [2.05, 4.69) is 62.8 Å². The maximum atomic E-state index is 5.60. The molecule has 1 aliphatic rings.